The molecule has 1 aliphatic heterocycles. The van der Waals surface area contributed by atoms with E-state index in [4.69, 9.17) is 4.74 Å². The lowest BCUT2D eigenvalue weighted by atomic mass is 9.77. The van der Waals surface area contributed by atoms with E-state index >= 15 is 0 Å². The second kappa shape index (κ2) is 17.9. The van der Waals surface area contributed by atoms with Gasteiger partial charge in [-0.1, -0.05) is 60.7 Å². The van der Waals surface area contributed by atoms with Crippen LogP contribution >= 0.6 is 0 Å². The van der Waals surface area contributed by atoms with Crippen LogP contribution in [0.25, 0.3) is 11.1 Å². The summed E-state index contributed by atoms with van der Waals surface area (Å²) in [6.07, 6.45) is 3.23. The summed E-state index contributed by atoms with van der Waals surface area (Å²) in [5.74, 6) is -0.907. The topological polar surface area (TPSA) is 148 Å². The van der Waals surface area contributed by atoms with Gasteiger partial charge in [0.05, 0.1) is 17.2 Å². The van der Waals surface area contributed by atoms with E-state index in [0.29, 0.717) is 42.7 Å². The SMILES string of the molecule is Cc1ccc(S(=O)(=O)CCc2ccccc2)cc1-c1cccc(C[C@H](CC(=O)C2CCC(CNC(=O)OC(C)(C)C)CC2)C(=O)Nc2ccc3c(c2)NCC3=O)c1. The molecule has 3 N–H and O–H groups in total. The molecule has 1 saturated carbocycles. The third kappa shape index (κ3) is 11.2. The molecule has 0 radical (unpaired) electrons. The Hall–Kier alpha value is -5.29. The summed E-state index contributed by atoms with van der Waals surface area (Å²) in [4.78, 5) is 52.6. The Morgan fingerprint density at radius 1 is 0.860 bits per heavy atom. The average Bonchev–Trinajstić information content (AvgIpc) is 3.55. The number of sulfone groups is 1. The van der Waals surface area contributed by atoms with Crippen LogP contribution in [0.3, 0.4) is 0 Å². The van der Waals surface area contributed by atoms with Crippen molar-refractivity contribution in [1.82, 2.24) is 5.32 Å². The van der Waals surface area contributed by atoms with Crippen LogP contribution in [0, 0.1) is 24.7 Å². The molecule has 4 aromatic rings. The Morgan fingerprint density at radius 3 is 2.33 bits per heavy atom. The number of aryl methyl sites for hydroxylation is 2. The Balaban J connectivity index is 1.17. The van der Waals surface area contributed by atoms with Crippen LogP contribution in [0.5, 0.6) is 0 Å². The summed E-state index contributed by atoms with van der Waals surface area (Å²) < 4.78 is 32.3. The maximum Gasteiger partial charge on any atom is 0.407 e. The van der Waals surface area contributed by atoms with Crippen molar-refractivity contribution in [3.63, 3.8) is 0 Å². The quantitative estimate of drug-likeness (QED) is 0.115. The van der Waals surface area contributed by atoms with Crippen molar-refractivity contribution in [2.24, 2.45) is 17.8 Å². The predicted molar refractivity (Wildman–Crippen MR) is 223 cm³/mol. The lowest BCUT2D eigenvalue weighted by molar-refractivity contribution is -0.129. The molecular formula is C46H53N3O7S. The summed E-state index contributed by atoms with van der Waals surface area (Å²) in [6.45, 7) is 8.10. The number of hydrogen-bond acceptors (Lipinski definition) is 8. The van der Waals surface area contributed by atoms with Gasteiger partial charge in [0.15, 0.2) is 15.6 Å². The van der Waals surface area contributed by atoms with E-state index in [1.807, 2.05) is 88.4 Å². The molecule has 1 heterocycles. The highest BCUT2D eigenvalue weighted by Crippen LogP contribution is 2.33. The fourth-order valence-corrected chi connectivity index (χ4v) is 9.01. The first-order valence-electron chi connectivity index (χ1n) is 19.8. The molecule has 57 heavy (non-hydrogen) atoms. The molecule has 1 aliphatic carbocycles. The molecule has 2 aliphatic rings. The number of nitrogens with one attached hydrogen (secondary N) is 3. The van der Waals surface area contributed by atoms with E-state index in [-0.39, 0.29) is 59.3 Å². The van der Waals surface area contributed by atoms with E-state index < -0.39 is 27.4 Å². The molecule has 0 unspecified atom stereocenters. The van der Waals surface area contributed by atoms with Gasteiger partial charge < -0.3 is 20.7 Å². The first-order valence-corrected chi connectivity index (χ1v) is 21.5. The van der Waals surface area contributed by atoms with Crippen molar-refractivity contribution in [2.75, 3.05) is 29.5 Å². The largest absolute Gasteiger partial charge is 0.444 e. The molecule has 300 valence electrons. The molecule has 0 saturated heterocycles. The summed E-state index contributed by atoms with van der Waals surface area (Å²) in [7, 11) is -3.56. The zero-order chi connectivity index (χ0) is 40.7. The van der Waals surface area contributed by atoms with Crippen LogP contribution in [0.15, 0.2) is 95.9 Å². The van der Waals surface area contributed by atoms with Gasteiger partial charge in [-0.25, -0.2) is 13.2 Å². The summed E-state index contributed by atoms with van der Waals surface area (Å²) in [5, 5.41) is 8.93. The minimum absolute atomic E-state index is 0.00729. The number of hydrogen-bond donors (Lipinski definition) is 3. The molecule has 0 bridgehead atoms. The van der Waals surface area contributed by atoms with Crippen molar-refractivity contribution in [1.29, 1.82) is 0 Å². The van der Waals surface area contributed by atoms with Crippen LogP contribution in [-0.4, -0.2) is 56.4 Å². The number of anilines is 2. The van der Waals surface area contributed by atoms with Gasteiger partial charge in [-0.3, -0.25) is 14.4 Å². The van der Waals surface area contributed by atoms with Crippen LogP contribution in [0.4, 0.5) is 16.2 Å². The summed E-state index contributed by atoms with van der Waals surface area (Å²) in [6, 6.07) is 27.6. The van der Waals surface area contributed by atoms with E-state index in [0.717, 1.165) is 40.7 Å². The minimum Gasteiger partial charge on any atom is -0.444 e. The van der Waals surface area contributed by atoms with Crippen molar-refractivity contribution in [2.45, 2.75) is 83.1 Å². The van der Waals surface area contributed by atoms with Crippen molar-refractivity contribution < 1.29 is 32.3 Å². The third-order valence-corrected chi connectivity index (χ3v) is 12.6. The second-order valence-electron chi connectivity index (χ2n) is 16.4. The van der Waals surface area contributed by atoms with Gasteiger partial charge >= 0.3 is 6.09 Å². The fourth-order valence-electron chi connectivity index (χ4n) is 7.69. The molecule has 0 aromatic heterocycles. The fraction of sp³-hybridized carbons (Fsp3) is 0.391. The maximum atomic E-state index is 14.1. The summed E-state index contributed by atoms with van der Waals surface area (Å²) in [5.41, 5.74) is 5.52. The number of carbonyl (C=O) groups excluding carboxylic acids is 4. The van der Waals surface area contributed by atoms with E-state index in [2.05, 4.69) is 16.0 Å². The van der Waals surface area contributed by atoms with Crippen LogP contribution < -0.4 is 16.0 Å². The molecule has 1 fully saturated rings. The minimum atomic E-state index is -3.56. The van der Waals surface area contributed by atoms with Gasteiger partial charge in [0, 0.05) is 41.7 Å². The smallest absolute Gasteiger partial charge is 0.407 e. The van der Waals surface area contributed by atoms with E-state index in [9.17, 15) is 27.6 Å². The number of benzene rings is 4. The normalized spacial score (nSPS) is 17.2. The number of ketones is 2. The number of amides is 2. The number of carbonyl (C=O) groups is 4. The zero-order valence-corrected chi connectivity index (χ0v) is 34.0. The molecule has 11 heteroatoms. The monoisotopic (exact) mass is 791 g/mol. The highest BCUT2D eigenvalue weighted by atomic mass is 32.2. The number of rotatable bonds is 14. The molecule has 4 aromatic carbocycles. The van der Waals surface area contributed by atoms with Crippen molar-refractivity contribution in [3.05, 3.63) is 113 Å². The summed E-state index contributed by atoms with van der Waals surface area (Å²) >= 11 is 0. The van der Waals surface area contributed by atoms with Gasteiger partial charge in [-0.2, -0.15) is 0 Å². The third-order valence-electron chi connectivity index (χ3n) is 10.9. The molecule has 10 nitrogen and oxygen atoms in total. The van der Waals surface area contributed by atoms with Crippen molar-refractivity contribution in [3.8, 4) is 11.1 Å². The molecule has 6 rings (SSSR count). The number of alkyl carbamates (subject to hydrolysis) is 1. The Labute approximate surface area is 336 Å². The van der Waals surface area contributed by atoms with E-state index in [1.54, 1.807) is 30.3 Å². The first kappa shape index (κ1) is 41.3. The van der Waals surface area contributed by atoms with Gasteiger partial charge in [0.25, 0.3) is 0 Å². The maximum absolute atomic E-state index is 14.1. The van der Waals surface area contributed by atoms with Crippen molar-refractivity contribution >= 4 is 44.8 Å². The average molecular weight is 792 g/mol. The van der Waals surface area contributed by atoms with E-state index in [1.165, 1.54) is 0 Å². The molecule has 1 atom stereocenters. The number of fused-ring (bicyclic) bond motifs is 1. The molecule has 0 spiro atoms. The molecular weight excluding hydrogens is 739 g/mol. The van der Waals surface area contributed by atoms with Gasteiger partial charge in [-0.15, -0.1) is 0 Å². The van der Waals surface area contributed by atoms with Gasteiger partial charge in [0.1, 0.15) is 11.4 Å². The van der Waals surface area contributed by atoms with Gasteiger partial charge in [0.2, 0.25) is 5.91 Å². The van der Waals surface area contributed by atoms with Crippen LogP contribution in [0.2, 0.25) is 0 Å². The highest BCUT2D eigenvalue weighted by molar-refractivity contribution is 7.91. The Morgan fingerprint density at radius 2 is 1.60 bits per heavy atom. The number of ether oxygens (including phenoxy) is 1. The lowest BCUT2D eigenvalue weighted by Gasteiger charge is -2.29. The molecule has 2 amide bonds. The second-order valence-corrected chi connectivity index (χ2v) is 18.5. The first-order chi connectivity index (χ1) is 27.1. The van der Waals surface area contributed by atoms with Crippen LogP contribution in [-0.2, 0) is 37.0 Å². The lowest BCUT2D eigenvalue weighted by Crippen LogP contribution is -2.37. The standard InChI is InChI=1S/C46H53N3O7S/c1-30-13-19-38(57(54,55)22-21-31-9-6-5-7-10-31)27-40(30)35-12-8-11-33(23-35)24-36(44(52)49-37-18-20-39-41(26-37)47-29-43(39)51)25-42(50)34-16-14-32(15-17-34)28-48-45(53)56-46(2,3)4/h5-13,18-20,23,26-27,32,34,36,47H,14-17,21-22,24-25,28-29H2,1-4H3,(H,48,53)(H,49,52)/t32?,34?,36-/m1/s1. The predicted octanol–water partition coefficient (Wildman–Crippen LogP) is 8.37. The van der Waals surface area contributed by atoms with Gasteiger partial charge in [-0.05, 0) is 130 Å². The Kier molecular flexibility index (Phi) is 13.0. The Bertz CT molecular complexity index is 2220. The zero-order valence-electron chi connectivity index (χ0n) is 33.2. The highest BCUT2D eigenvalue weighted by Gasteiger charge is 2.31. The number of Topliss-reactive ketones (excluding diaryl/α,β-unsaturated/α-hetero) is 2. The van der Waals surface area contributed by atoms with Crippen LogP contribution in [0.1, 0.15) is 79.9 Å².